The number of hydrogen-bond donors (Lipinski definition) is 0. The first kappa shape index (κ1) is 18.2. The number of allylic oxidation sites excluding steroid dienone is 1. The van der Waals surface area contributed by atoms with Gasteiger partial charge >= 0.3 is 82.6 Å². The van der Waals surface area contributed by atoms with E-state index in [4.69, 9.17) is 4.98 Å². The van der Waals surface area contributed by atoms with Gasteiger partial charge in [-0.15, -0.1) is 0 Å². The number of aryl methyl sites for hydroxylation is 2. The number of nitrogens with zero attached hydrogens (tertiary/aromatic N) is 4. The molecule has 0 fully saturated rings. The molecule has 0 atom stereocenters. The molecular formula is C26H23BN4. The number of fused-ring (bicyclic) bond motifs is 8. The topological polar surface area (TPSA) is 27.2 Å². The number of para-hydroxylation sites is 3. The summed E-state index contributed by atoms with van der Waals surface area (Å²) in [5.41, 5.74) is 7.55. The van der Waals surface area contributed by atoms with E-state index in [-0.39, 0.29) is 0 Å². The first-order chi connectivity index (χ1) is 15.2. The normalized spacial score (nSPS) is 13.0. The molecule has 0 unspecified atom stereocenters. The van der Waals surface area contributed by atoms with Crippen molar-refractivity contribution in [1.82, 2.24) is 18.5 Å². The van der Waals surface area contributed by atoms with Gasteiger partial charge in [0.1, 0.15) is 0 Å². The van der Waals surface area contributed by atoms with E-state index in [1.54, 1.807) is 0 Å². The molecule has 2 aromatic carbocycles. The SMILES string of the molecule is Cn1c2c(n3c4ccccc4nc13)C=CCC2.Cn1c2cccbc2c2ccccc21. The molecule has 0 amide bonds. The first-order valence-electron chi connectivity index (χ1n) is 10.8. The second-order valence-corrected chi connectivity index (χ2v) is 8.16. The summed E-state index contributed by atoms with van der Waals surface area (Å²) in [6, 6.07) is 21.1. The van der Waals surface area contributed by atoms with Crippen molar-refractivity contribution in [3.63, 3.8) is 0 Å². The Hall–Kier alpha value is -3.60. The molecule has 0 radical (unpaired) electrons. The molecule has 0 spiro atoms. The van der Waals surface area contributed by atoms with Crippen LogP contribution in [0.1, 0.15) is 17.8 Å². The van der Waals surface area contributed by atoms with Crippen LogP contribution in [0.5, 0.6) is 0 Å². The zero-order valence-corrected chi connectivity index (χ0v) is 17.8. The number of imidazole rings is 2. The Labute approximate surface area is 181 Å². The van der Waals surface area contributed by atoms with E-state index in [1.165, 1.54) is 38.6 Å². The van der Waals surface area contributed by atoms with Gasteiger partial charge in [0.15, 0.2) is 0 Å². The Morgan fingerprint density at radius 1 is 0.839 bits per heavy atom. The zero-order chi connectivity index (χ0) is 20.9. The van der Waals surface area contributed by atoms with Gasteiger partial charge in [0.05, 0.1) is 16.7 Å². The van der Waals surface area contributed by atoms with Crippen molar-refractivity contribution in [1.29, 1.82) is 0 Å². The number of rotatable bonds is 0. The number of benzene rings is 2. The van der Waals surface area contributed by atoms with Crippen LogP contribution in [0.25, 0.3) is 44.6 Å². The Balaban J connectivity index is 0.000000122. The monoisotopic (exact) mass is 402 g/mol. The van der Waals surface area contributed by atoms with Crippen LogP contribution in [0.15, 0.2) is 72.7 Å². The van der Waals surface area contributed by atoms with Crippen molar-refractivity contribution in [3.8, 4) is 0 Å². The van der Waals surface area contributed by atoms with Crippen LogP contribution in [-0.4, -0.2) is 25.4 Å². The van der Waals surface area contributed by atoms with Crippen molar-refractivity contribution >= 4 is 51.5 Å². The molecule has 150 valence electrons. The fourth-order valence-corrected chi connectivity index (χ4v) is 4.90. The average Bonchev–Trinajstić information content (AvgIpc) is 3.44. The Morgan fingerprint density at radius 3 is 2.52 bits per heavy atom. The third-order valence-electron chi connectivity index (χ3n) is 6.43. The van der Waals surface area contributed by atoms with E-state index in [2.05, 4.69) is 107 Å². The molecule has 0 bridgehead atoms. The predicted molar refractivity (Wildman–Crippen MR) is 131 cm³/mol. The fraction of sp³-hybridized carbons (Fsp3) is 0.154. The van der Waals surface area contributed by atoms with Crippen molar-refractivity contribution < 1.29 is 0 Å². The quantitative estimate of drug-likeness (QED) is 0.332. The second kappa shape index (κ2) is 6.98. The van der Waals surface area contributed by atoms with Gasteiger partial charge in [0.2, 0.25) is 5.78 Å². The van der Waals surface area contributed by atoms with Crippen molar-refractivity contribution in [2.45, 2.75) is 12.8 Å². The van der Waals surface area contributed by atoms with Gasteiger partial charge in [0.25, 0.3) is 0 Å². The average molecular weight is 402 g/mol. The van der Waals surface area contributed by atoms with Crippen LogP contribution in [0.2, 0.25) is 0 Å². The molecule has 0 saturated carbocycles. The predicted octanol–water partition coefficient (Wildman–Crippen LogP) is 5.46. The maximum absolute atomic E-state index is 4.71. The van der Waals surface area contributed by atoms with Crippen LogP contribution < -0.4 is 0 Å². The molecule has 4 heterocycles. The van der Waals surface area contributed by atoms with Gasteiger partial charge in [0, 0.05) is 12.7 Å². The van der Waals surface area contributed by atoms with Gasteiger partial charge in [-0.3, -0.25) is 4.40 Å². The van der Waals surface area contributed by atoms with Crippen LogP contribution in [0.3, 0.4) is 0 Å². The minimum absolute atomic E-state index is 1.04. The summed E-state index contributed by atoms with van der Waals surface area (Å²) in [7, 11) is 4.23. The van der Waals surface area contributed by atoms with Gasteiger partial charge in [-0.2, -0.15) is 0 Å². The zero-order valence-electron chi connectivity index (χ0n) is 17.8. The van der Waals surface area contributed by atoms with Crippen LogP contribution in [-0.2, 0) is 20.5 Å². The Bertz CT molecular complexity index is 1560. The molecule has 7 rings (SSSR count). The van der Waals surface area contributed by atoms with E-state index >= 15 is 0 Å². The molecule has 31 heavy (non-hydrogen) atoms. The standard InChI is InChI=1S/C14H13N3.C12H10BN/c1-16-12-8-4-5-9-13(12)17-11-7-3-2-6-10(11)15-14(16)17;1-14-10-6-3-2-5-9(10)12-11(14)7-4-8-13-12/h2-3,5-7,9H,4,8H2,1H3;2-8H,1H3. The van der Waals surface area contributed by atoms with E-state index in [1.807, 2.05) is 6.07 Å². The first-order valence-corrected chi connectivity index (χ1v) is 10.8. The molecular weight excluding hydrogens is 379 g/mol. The number of aromatic nitrogens is 4. The summed E-state index contributed by atoms with van der Waals surface area (Å²) in [6.07, 6.45) is 6.71. The third kappa shape index (κ3) is 2.69. The van der Waals surface area contributed by atoms with Crippen molar-refractivity contribution in [2.24, 2.45) is 14.1 Å². The molecule has 6 aromatic rings. The minimum atomic E-state index is 1.04. The maximum atomic E-state index is 4.71. The second-order valence-electron chi connectivity index (χ2n) is 8.16. The summed E-state index contributed by atoms with van der Waals surface area (Å²) >= 11 is 0. The molecule has 0 aliphatic heterocycles. The Kier molecular flexibility index (Phi) is 4.10. The van der Waals surface area contributed by atoms with Crippen molar-refractivity contribution in [2.75, 3.05) is 0 Å². The molecule has 1 aliphatic rings. The molecule has 5 heteroatoms. The van der Waals surface area contributed by atoms with Gasteiger partial charge in [-0.25, -0.2) is 4.98 Å². The van der Waals surface area contributed by atoms with Crippen molar-refractivity contribution in [3.05, 3.63) is 84.1 Å². The van der Waals surface area contributed by atoms with E-state index in [0.717, 1.165) is 24.1 Å². The summed E-state index contributed by atoms with van der Waals surface area (Å²) in [5.74, 6) is 3.14. The van der Waals surface area contributed by atoms with Crippen LogP contribution >= 0.6 is 0 Å². The summed E-state index contributed by atoms with van der Waals surface area (Å²) in [4.78, 5) is 4.71. The van der Waals surface area contributed by atoms with Crippen LogP contribution in [0.4, 0.5) is 0 Å². The molecule has 1 aliphatic carbocycles. The summed E-state index contributed by atoms with van der Waals surface area (Å²) in [5, 5.41) is 2.68. The molecule has 0 saturated heterocycles. The fourth-order valence-electron chi connectivity index (χ4n) is 4.90. The van der Waals surface area contributed by atoms with E-state index < -0.39 is 0 Å². The van der Waals surface area contributed by atoms with Gasteiger partial charge in [-0.1, -0.05) is 18.2 Å². The molecule has 4 aromatic heterocycles. The van der Waals surface area contributed by atoms with Gasteiger partial charge < -0.3 is 4.57 Å². The van der Waals surface area contributed by atoms with E-state index in [9.17, 15) is 0 Å². The summed E-state index contributed by atoms with van der Waals surface area (Å²) < 4.78 is 6.73. The van der Waals surface area contributed by atoms with Gasteiger partial charge in [-0.05, 0) is 31.1 Å². The van der Waals surface area contributed by atoms with E-state index in [0.29, 0.717) is 0 Å². The summed E-state index contributed by atoms with van der Waals surface area (Å²) in [6.45, 7) is 2.18. The number of hydrogen-bond acceptors (Lipinski definition) is 1. The molecule has 4 nitrogen and oxygen atoms in total. The molecule has 0 N–H and O–H groups in total. The Morgan fingerprint density at radius 2 is 1.61 bits per heavy atom. The van der Waals surface area contributed by atoms with Crippen LogP contribution in [0, 0.1) is 0 Å². The third-order valence-corrected chi connectivity index (χ3v) is 6.43.